The maximum Gasteiger partial charge on any atom is 0.339 e. The van der Waals surface area contributed by atoms with Gasteiger partial charge in [-0.2, -0.15) is 0 Å². The fraction of sp³-hybridized carbons (Fsp3) is 0.548. The van der Waals surface area contributed by atoms with Gasteiger partial charge in [0, 0.05) is 27.2 Å². The molecule has 0 unspecified atom stereocenters. The number of carbonyl (C=O) groups is 4. The summed E-state index contributed by atoms with van der Waals surface area (Å²) >= 11 is 9.78. The first kappa shape index (κ1) is 28.5. The summed E-state index contributed by atoms with van der Waals surface area (Å²) in [6.45, 7) is 6.95. The van der Waals surface area contributed by atoms with Crippen LogP contribution in [0.4, 0.5) is 0 Å². The van der Waals surface area contributed by atoms with Gasteiger partial charge in [0.15, 0.2) is 18.0 Å². The van der Waals surface area contributed by atoms with Gasteiger partial charge < -0.3 is 9.47 Å². The Balaban J connectivity index is 1.57. The van der Waals surface area contributed by atoms with Gasteiger partial charge in [-0.15, -0.1) is 11.6 Å². The molecule has 0 aliphatic heterocycles. The van der Waals surface area contributed by atoms with Crippen molar-refractivity contribution >= 4 is 57.7 Å². The van der Waals surface area contributed by atoms with Crippen molar-refractivity contribution in [3.8, 4) is 0 Å². The number of ether oxygens (including phenoxy) is 2. The number of esters is 2. The van der Waals surface area contributed by atoms with Crippen molar-refractivity contribution in [2.24, 2.45) is 28.6 Å². The minimum atomic E-state index is -1.47. The number of benzene rings is 1. The van der Waals surface area contributed by atoms with Gasteiger partial charge in [0.25, 0.3) is 0 Å². The minimum absolute atomic E-state index is 0.00565. The molecule has 0 bridgehead atoms. The first-order chi connectivity index (χ1) is 18.3. The number of alkyl halides is 1. The van der Waals surface area contributed by atoms with E-state index in [1.807, 2.05) is 19.1 Å². The van der Waals surface area contributed by atoms with Crippen molar-refractivity contribution in [2.75, 3.05) is 6.61 Å². The first-order valence-corrected chi connectivity index (χ1v) is 15.0. The summed E-state index contributed by atoms with van der Waals surface area (Å²) in [4.78, 5) is 50.9. The number of hydrogen-bond acceptors (Lipinski definition) is 6. The number of hydrogen-bond donors (Lipinski definition) is 0. The Morgan fingerprint density at radius 1 is 1.15 bits per heavy atom. The topological polar surface area (TPSA) is 86.7 Å². The molecule has 4 aliphatic rings. The zero-order chi connectivity index (χ0) is 28.4. The Morgan fingerprint density at radius 3 is 2.59 bits per heavy atom. The third-order valence-corrected chi connectivity index (χ3v) is 11.9. The van der Waals surface area contributed by atoms with Crippen LogP contribution < -0.4 is 0 Å². The Labute approximate surface area is 248 Å². The van der Waals surface area contributed by atoms with Gasteiger partial charge in [-0.25, -0.2) is 4.79 Å². The maximum absolute atomic E-state index is 14.1. The molecule has 1 aromatic carbocycles. The molecule has 0 aromatic heterocycles. The van der Waals surface area contributed by atoms with Gasteiger partial charge in [-0.05, 0) is 96.9 Å². The summed E-state index contributed by atoms with van der Waals surface area (Å²) in [5.74, 6) is -1.79. The van der Waals surface area contributed by atoms with Gasteiger partial charge in [-0.3, -0.25) is 14.4 Å². The lowest BCUT2D eigenvalue weighted by Gasteiger charge is -2.62. The number of Topliss-reactive ketones (excluding diaryl/α,β-unsaturated/α-hetero) is 1. The van der Waals surface area contributed by atoms with E-state index < -0.39 is 39.9 Å². The van der Waals surface area contributed by atoms with E-state index in [9.17, 15) is 19.2 Å². The van der Waals surface area contributed by atoms with Crippen LogP contribution in [0.15, 0.2) is 48.1 Å². The Morgan fingerprint density at radius 2 is 1.90 bits per heavy atom. The molecule has 4 aliphatic carbocycles. The van der Waals surface area contributed by atoms with Crippen LogP contribution in [0.2, 0.25) is 0 Å². The summed E-state index contributed by atoms with van der Waals surface area (Å²) in [5.41, 5.74) is -1.21. The highest BCUT2D eigenvalue weighted by Crippen LogP contribution is 2.72. The number of carbonyl (C=O) groups excluding carboxylic acids is 4. The molecule has 7 atom stereocenters. The number of fused-ring (bicyclic) bond motifs is 5. The van der Waals surface area contributed by atoms with E-state index >= 15 is 0 Å². The molecule has 3 fully saturated rings. The molecule has 0 saturated heterocycles. The second kappa shape index (κ2) is 9.82. The van der Waals surface area contributed by atoms with Crippen molar-refractivity contribution in [3.05, 3.63) is 57.2 Å². The molecule has 208 valence electrons. The Kier molecular flexibility index (Phi) is 7.19. The second-order valence-electron chi connectivity index (χ2n) is 12.1. The predicted molar refractivity (Wildman–Crippen MR) is 155 cm³/mol. The first-order valence-electron chi connectivity index (χ1n) is 13.6. The lowest BCUT2D eigenvalue weighted by molar-refractivity contribution is -0.173. The molecular formula is C31H34ClIO6. The Bertz CT molecular complexity index is 1320. The molecule has 0 spiro atoms. The van der Waals surface area contributed by atoms with Gasteiger partial charge in [0.1, 0.15) is 0 Å². The van der Waals surface area contributed by atoms with Crippen molar-refractivity contribution in [1.82, 2.24) is 0 Å². The van der Waals surface area contributed by atoms with E-state index in [2.05, 4.69) is 36.4 Å². The smallest absolute Gasteiger partial charge is 0.339 e. The quantitative estimate of drug-likeness (QED) is 0.211. The zero-order valence-electron chi connectivity index (χ0n) is 22.7. The molecule has 8 heteroatoms. The molecule has 0 N–H and O–H groups in total. The van der Waals surface area contributed by atoms with Crippen molar-refractivity contribution in [3.63, 3.8) is 0 Å². The highest BCUT2D eigenvalue weighted by Gasteiger charge is 2.74. The number of halogens is 2. The summed E-state index contributed by atoms with van der Waals surface area (Å²) in [5, 5.41) is 0. The third-order valence-electron chi connectivity index (χ3n) is 10.3. The summed E-state index contributed by atoms with van der Waals surface area (Å²) in [6, 6.07) is 7.09. The fourth-order valence-electron chi connectivity index (χ4n) is 8.38. The molecule has 39 heavy (non-hydrogen) atoms. The van der Waals surface area contributed by atoms with Crippen molar-refractivity contribution in [1.29, 1.82) is 0 Å². The van der Waals surface area contributed by atoms with Crippen LogP contribution in [0.25, 0.3) is 0 Å². The van der Waals surface area contributed by atoms with E-state index in [-0.39, 0.29) is 29.3 Å². The molecule has 0 heterocycles. The number of ketones is 2. The second-order valence-corrected chi connectivity index (χ2v) is 14.0. The molecule has 0 radical (unpaired) electrons. The Hall–Kier alpha value is -2.00. The average Bonchev–Trinajstić information content (AvgIpc) is 3.10. The van der Waals surface area contributed by atoms with E-state index in [4.69, 9.17) is 21.1 Å². The highest BCUT2D eigenvalue weighted by molar-refractivity contribution is 14.1. The van der Waals surface area contributed by atoms with Crippen LogP contribution in [0.1, 0.15) is 70.2 Å². The molecule has 6 nitrogen and oxygen atoms in total. The lowest BCUT2D eigenvalue weighted by Crippen LogP contribution is -2.65. The summed E-state index contributed by atoms with van der Waals surface area (Å²) in [6.07, 6.45) is 8.67. The molecular weight excluding hydrogens is 631 g/mol. The normalized spacial score (nSPS) is 38.7. The third kappa shape index (κ3) is 4.16. The van der Waals surface area contributed by atoms with Gasteiger partial charge in [0.05, 0.1) is 10.4 Å². The van der Waals surface area contributed by atoms with Crippen LogP contribution in [-0.2, 0) is 23.9 Å². The van der Waals surface area contributed by atoms with Gasteiger partial charge in [-0.1, -0.05) is 38.5 Å². The SMILES string of the molecule is CC(=O)OCC(=O)[C@@]1(OC(=O)c2cccc(I)c2)[C@@H](C)C[C@H]2[C@@H]3CCC4=CC(=O)C=C[C@]4(C)[C@@]3(Cl)CC[C@@]21C. The van der Waals surface area contributed by atoms with E-state index in [1.54, 1.807) is 30.4 Å². The fourth-order valence-corrected chi connectivity index (χ4v) is 9.46. The molecule has 5 rings (SSSR count). The van der Waals surface area contributed by atoms with Crippen molar-refractivity contribution in [2.45, 2.75) is 70.3 Å². The van der Waals surface area contributed by atoms with Crippen LogP contribution in [0.3, 0.4) is 0 Å². The highest BCUT2D eigenvalue weighted by atomic mass is 127. The van der Waals surface area contributed by atoms with Crippen molar-refractivity contribution < 1.29 is 28.7 Å². The van der Waals surface area contributed by atoms with Crippen LogP contribution in [0, 0.1) is 32.2 Å². The van der Waals surface area contributed by atoms with Crippen LogP contribution in [0.5, 0.6) is 0 Å². The summed E-state index contributed by atoms with van der Waals surface area (Å²) < 4.78 is 12.5. The van der Waals surface area contributed by atoms with Crippen LogP contribution in [-0.4, -0.2) is 40.6 Å². The van der Waals surface area contributed by atoms with E-state index in [0.29, 0.717) is 24.8 Å². The minimum Gasteiger partial charge on any atom is -0.458 e. The number of allylic oxidation sites excluding steroid dienone is 4. The molecule has 0 amide bonds. The molecule has 3 saturated carbocycles. The zero-order valence-corrected chi connectivity index (χ0v) is 25.6. The standard InChI is InChI=1S/C31H34ClIO6/c1-18-14-25-24-9-8-21-16-23(35)10-11-28(21,3)30(24,32)13-12-29(25,4)31(18,26(36)17-38-19(2)34)39-27(37)20-6-5-7-22(33)15-20/h5-7,10-11,15-16,18,24-25H,8-9,12-14,17H2,1-4H3/t18-,24-,25-,28-,29-,30+,31-/m0/s1. The lowest BCUT2D eigenvalue weighted by atomic mass is 9.46. The largest absolute Gasteiger partial charge is 0.458 e. The number of rotatable bonds is 5. The monoisotopic (exact) mass is 664 g/mol. The van der Waals surface area contributed by atoms with Gasteiger partial charge in [0.2, 0.25) is 5.78 Å². The summed E-state index contributed by atoms with van der Waals surface area (Å²) in [7, 11) is 0. The van der Waals surface area contributed by atoms with E-state index in [1.165, 1.54) is 6.92 Å². The van der Waals surface area contributed by atoms with Gasteiger partial charge >= 0.3 is 11.9 Å². The predicted octanol–water partition coefficient (Wildman–Crippen LogP) is 6.23. The van der Waals surface area contributed by atoms with E-state index in [0.717, 1.165) is 22.0 Å². The molecule has 1 aromatic rings. The maximum atomic E-state index is 14.1. The van der Waals surface area contributed by atoms with Crippen LogP contribution >= 0.6 is 34.2 Å². The average molecular weight is 665 g/mol.